The number of benzene rings is 1. The Kier molecular flexibility index (Phi) is 2.83. The van der Waals surface area contributed by atoms with E-state index in [1.807, 2.05) is 0 Å². The molecule has 17 heavy (non-hydrogen) atoms. The summed E-state index contributed by atoms with van der Waals surface area (Å²) in [6.45, 7) is -0.201. The number of anilines is 2. The third kappa shape index (κ3) is 2.80. The van der Waals surface area contributed by atoms with Crippen molar-refractivity contribution in [3.05, 3.63) is 18.3 Å². The second-order valence-corrected chi connectivity index (χ2v) is 3.69. The number of halogens is 3. The molecular weight excluding hydrogens is 233 g/mol. The number of fused-ring (bicyclic) bond motifs is 1. The molecule has 0 bridgehead atoms. The molecule has 0 spiro atoms. The summed E-state index contributed by atoms with van der Waals surface area (Å²) in [6, 6.07) is 3.31. The fourth-order valence-corrected chi connectivity index (χ4v) is 1.50. The van der Waals surface area contributed by atoms with E-state index in [2.05, 4.69) is 15.5 Å². The summed E-state index contributed by atoms with van der Waals surface area (Å²) in [6.07, 6.45) is -3.46. The number of hydrogen-bond acceptors (Lipinski definition) is 3. The number of nitrogen functional groups attached to an aromatic ring is 1. The van der Waals surface area contributed by atoms with Gasteiger partial charge in [0.15, 0.2) is 0 Å². The molecule has 0 saturated heterocycles. The second-order valence-electron chi connectivity index (χ2n) is 3.69. The molecule has 0 atom stereocenters. The van der Waals surface area contributed by atoms with Crippen LogP contribution in [0.2, 0.25) is 0 Å². The van der Waals surface area contributed by atoms with Gasteiger partial charge in [-0.25, -0.2) is 0 Å². The van der Waals surface area contributed by atoms with Gasteiger partial charge in [-0.15, -0.1) is 0 Å². The van der Waals surface area contributed by atoms with Crippen LogP contribution in [0.5, 0.6) is 0 Å². The SMILES string of the molecule is Nc1cc2cn[nH]c2cc1NCCC(F)(F)F. The molecular formula is C10H11F3N4. The molecule has 0 amide bonds. The number of nitrogens with two attached hydrogens (primary N) is 1. The van der Waals surface area contributed by atoms with Crippen molar-refractivity contribution in [2.75, 3.05) is 17.6 Å². The number of alkyl halides is 3. The Hall–Kier alpha value is -1.92. The van der Waals surface area contributed by atoms with E-state index in [9.17, 15) is 13.2 Å². The van der Waals surface area contributed by atoms with Crippen LogP contribution in [-0.2, 0) is 0 Å². The number of rotatable bonds is 3. The molecule has 92 valence electrons. The van der Waals surface area contributed by atoms with Crippen LogP contribution in [0.15, 0.2) is 18.3 Å². The Morgan fingerprint density at radius 3 is 2.82 bits per heavy atom. The lowest BCUT2D eigenvalue weighted by molar-refractivity contribution is -0.131. The van der Waals surface area contributed by atoms with Crippen LogP contribution in [0.4, 0.5) is 24.5 Å². The van der Waals surface area contributed by atoms with E-state index in [1.165, 1.54) is 0 Å². The third-order valence-electron chi connectivity index (χ3n) is 2.33. The number of nitrogens with one attached hydrogen (secondary N) is 2. The minimum atomic E-state index is -4.17. The third-order valence-corrected chi connectivity index (χ3v) is 2.33. The van der Waals surface area contributed by atoms with Crippen molar-refractivity contribution < 1.29 is 13.2 Å². The number of hydrogen-bond donors (Lipinski definition) is 3. The predicted octanol–water partition coefficient (Wildman–Crippen LogP) is 2.51. The zero-order chi connectivity index (χ0) is 12.5. The van der Waals surface area contributed by atoms with E-state index < -0.39 is 12.6 Å². The van der Waals surface area contributed by atoms with Crippen molar-refractivity contribution in [2.24, 2.45) is 0 Å². The highest BCUT2D eigenvalue weighted by atomic mass is 19.4. The smallest absolute Gasteiger partial charge is 0.390 e. The molecule has 0 saturated carbocycles. The van der Waals surface area contributed by atoms with E-state index in [0.717, 1.165) is 10.9 Å². The van der Waals surface area contributed by atoms with Crippen LogP contribution in [0.3, 0.4) is 0 Å². The van der Waals surface area contributed by atoms with E-state index in [1.54, 1.807) is 18.3 Å². The van der Waals surface area contributed by atoms with Crippen molar-refractivity contribution in [2.45, 2.75) is 12.6 Å². The average molecular weight is 244 g/mol. The summed E-state index contributed by atoms with van der Waals surface area (Å²) >= 11 is 0. The van der Waals surface area contributed by atoms with Gasteiger partial charge in [-0.05, 0) is 12.1 Å². The normalized spacial score (nSPS) is 11.9. The molecule has 0 aliphatic heterocycles. The summed E-state index contributed by atoms with van der Waals surface area (Å²) in [5.74, 6) is 0. The first-order valence-electron chi connectivity index (χ1n) is 4.99. The first kappa shape index (κ1) is 11.6. The lowest BCUT2D eigenvalue weighted by Gasteiger charge is -2.11. The van der Waals surface area contributed by atoms with Gasteiger partial charge in [0.25, 0.3) is 0 Å². The molecule has 0 aliphatic carbocycles. The Bertz CT molecular complexity index is 518. The van der Waals surface area contributed by atoms with Gasteiger partial charge in [0.1, 0.15) is 0 Å². The molecule has 7 heteroatoms. The predicted molar refractivity (Wildman–Crippen MR) is 59.7 cm³/mol. The minimum absolute atomic E-state index is 0.201. The van der Waals surface area contributed by atoms with E-state index in [-0.39, 0.29) is 6.54 Å². The van der Waals surface area contributed by atoms with Gasteiger partial charge in [0, 0.05) is 11.9 Å². The van der Waals surface area contributed by atoms with Gasteiger partial charge in [0.2, 0.25) is 0 Å². The molecule has 4 nitrogen and oxygen atoms in total. The van der Waals surface area contributed by atoms with Crippen molar-refractivity contribution >= 4 is 22.3 Å². The van der Waals surface area contributed by atoms with Gasteiger partial charge < -0.3 is 11.1 Å². The Labute approximate surface area is 95.0 Å². The maximum Gasteiger partial charge on any atom is 0.390 e. The quantitative estimate of drug-likeness (QED) is 0.727. The molecule has 2 rings (SSSR count). The topological polar surface area (TPSA) is 66.7 Å². The fraction of sp³-hybridized carbons (Fsp3) is 0.300. The van der Waals surface area contributed by atoms with Gasteiger partial charge in [-0.1, -0.05) is 0 Å². The molecule has 0 unspecified atom stereocenters. The average Bonchev–Trinajstić information content (AvgIpc) is 2.63. The van der Waals surface area contributed by atoms with Crippen LogP contribution < -0.4 is 11.1 Å². The maximum absolute atomic E-state index is 12.0. The highest BCUT2D eigenvalue weighted by Gasteiger charge is 2.26. The first-order valence-corrected chi connectivity index (χ1v) is 4.99. The van der Waals surface area contributed by atoms with Crippen LogP contribution in [0.1, 0.15) is 6.42 Å². The zero-order valence-corrected chi connectivity index (χ0v) is 8.80. The van der Waals surface area contributed by atoms with E-state index in [0.29, 0.717) is 11.4 Å². The summed E-state index contributed by atoms with van der Waals surface area (Å²) in [7, 11) is 0. The number of aromatic nitrogens is 2. The van der Waals surface area contributed by atoms with Crippen LogP contribution in [0, 0.1) is 0 Å². The number of H-pyrrole nitrogens is 1. The molecule has 1 heterocycles. The minimum Gasteiger partial charge on any atom is -0.397 e. The Morgan fingerprint density at radius 1 is 1.35 bits per heavy atom. The van der Waals surface area contributed by atoms with Crippen LogP contribution in [0.25, 0.3) is 10.9 Å². The van der Waals surface area contributed by atoms with E-state index in [4.69, 9.17) is 5.73 Å². The highest BCUT2D eigenvalue weighted by molar-refractivity contribution is 5.88. The van der Waals surface area contributed by atoms with Crippen molar-refractivity contribution in [1.82, 2.24) is 10.2 Å². The van der Waals surface area contributed by atoms with Crippen molar-refractivity contribution in [3.63, 3.8) is 0 Å². The summed E-state index contributed by atoms with van der Waals surface area (Å²) in [5.41, 5.74) is 7.32. The van der Waals surface area contributed by atoms with Crippen LogP contribution >= 0.6 is 0 Å². The van der Waals surface area contributed by atoms with Crippen molar-refractivity contribution in [3.8, 4) is 0 Å². The van der Waals surface area contributed by atoms with Crippen LogP contribution in [-0.4, -0.2) is 22.9 Å². The maximum atomic E-state index is 12.0. The largest absolute Gasteiger partial charge is 0.397 e. The first-order chi connectivity index (χ1) is 7.96. The highest BCUT2D eigenvalue weighted by Crippen LogP contribution is 2.25. The summed E-state index contributed by atoms with van der Waals surface area (Å²) in [5, 5.41) is 10.0. The van der Waals surface area contributed by atoms with E-state index >= 15 is 0 Å². The van der Waals surface area contributed by atoms with Gasteiger partial charge in [0.05, 0.1) is 29.5 Å². The lowest BCUT2D eigenvalue weighted by Crippen LogP contribution is -2.15. The molecule has 1 aromatic carbocycles. The van der Waals surface area contributed by atoms with Crippen molar-refractivity contribution in [1.29, 1.82) is 0 Å². The standard InChI is InChI=1S/C10H11F3N4/c11-10(12,13)1-2-15-9-4-8-6(3-7(9)14)5-16-17-8/h3-5,15H,1-2,14H2,(H,16,17). The molecule has 0 radical (unpaired) electrons. The van der Waals surface area contributed by atoms with Gasteiger partial charge in [-0.3, -0.25) is 5.10 Å². The summed E-state index contributed by atoms with van der Waals surface area (Å²) in [4.78, 5) is 0. The molecule has 0 aliphatic rings. The second kappa shape index (κ2) is 4.15. The Morgan fingerprint density at radius 2 is 2.12 bits per heavy atom. The molecule has 2 aromatic rings. The number of nitrogens with zero attached hydrogens (tertiary/aromatic N) is 1. The Balaban J connectivity index is 2.10. The monoisotopic (exact) mass is 244 g/mol. The molecule has 4 N–H and O–H groups in total. The van der Waals surface area contributed by atoms with Gasteiger partial charge in [-0.2, -0.15) is 18.3 Å². The summed E-state index contributed by atoms with van der Waals surface area (Å²) < 4.78 is 35.9. The van der Waals surface area contributed by atoms with Gasteiger partial charge >= 0.3 is 6.18 Å². The fourth-order valence-electron chi connectivity index (χ4n) is 1.50. The zero-order valence-electron chi connectivity index (χ0n) is 8.80. The number of aromatic amines is 1. The lowest BCUT2D eigenvalue weighted by atomic mass is 10.2. The molecule has 0 fully saturated rings. The molecule has 1 aromatic heterocycles.